The van der Waals surface area contributed by atoms with Crippen molar-refractivity contribution in [1.82, 2.24) is 19.9 Å². The fourth-order valence-corrected chi connectivity index (χ4v) is 3.86. The monoisotopic (exact) mass is 351 g/mol. The van der Waals surface area contributed by atoms with Crippen LogP contribution in [0.2, 0.25) is 0 Å². The highest BCUT2D eigenvalue weighted by atomic mass is 16.2. The quantitative estimate of drug-likeness (QED) is 0.847. The molecule has 26 heavy (non-hydrogen) atoms. The van der Waals surface area contributed by atoms with Crippen LogP contribution < -0.4 is 4.90 Å². The van der Waals surface area contributed by atoms with Gasteiger partial charge in [-0.15, -0.1) is 0 Å². The molecule has 0 unspecified atom stereocenters. The second kappa shape index (κ2) is 7.40. The number of aryl methyl sites for hydroxylation is 1. The molecule has 1 aliphatic carbocycles. The lowest BCUT2D eigenvalue weighted by atomic mass is 10.1. The van der Waals surface area contributed by atoms with Gasteiger partial charge in [-0.1, -0.05) is 6.07 Å². The van der Waals surface area contributed by atoms with Gasteiger partial charge in [0, 0.05) is 37.6 Å². The molecule has 2 aromatic heterocycles. The molecule has 2 aliphatic rings. The molecule has 1 aliphatic heterocycles. The molecule has 4 rings (SSSR count). The lowest BCUT2D eigenvalue weighted by Gasteiger charge is -2.29. The molecule has 1 saturated heterocycles. The summed E-state index contributed by atoms with van der Waals surface area (Å²) in [7, 11) is 1.96. The van der Waals surface area contributed by atoms with E-state index in [0.29, 0.717) is 12.4 Å². The Morgan fingerprint density at radius 2 is 1.96 bits per heavy atom. The van der Waals surface area contributed by atoms with E-state index in [0.717, 1.165) is 62.4 Å². The van der Waals surface area contributed by atoms with Crippen molar-refractivity contribution in [3.8, 4) is 11.5 Å². The number of carbonyl (C=O) groups is 1. The summed E-state index contributed by atoms with van der Waals surface area (Å²) in [5.74, 6) is 1.73. The third-order valence-corrected chi connectivity index (χ3v) is 5.25. The fraction of sp³-hybridized carbons (Fsp3) is 0.500. The first-order valence-electron chi connectivity index (χ1n) is 9.52. The molecule has 0 saturated carbocycles. The van der Waals surface area contributed by atoms with Crippen molar-refractivity contribution in [2.24, 2.45) is 0 Å². The van der Waals surface area contributed by atoms with Crippen molar-refractivity contribution in [2.75, 3.05) is 31.6 Å². The Morgan fingerprint density at radius 3 is 2.73 bits per heavy atom. The van der Waals surface area contributed by atoms with E-state index >= 15 is 0 Å². The lowest BCUT2D eigenvalue weighted by Crippen LogP contribution is -2.42. The Morgan fingerprint density at radius 1 is 1.12 bits per heavy atom. The van der Waals surface area contributed by atoms with Gasteiger partial charge in [0.1, 0.15) is 11.5 Å². The number of likely N-dealkylation sites (tertiary alicyclic amines) is 1. The SMILES string of the molecule is CN(CC(=O)N1CCCCC1)c1nc(-c2ccccn2)nc2c1CCC2. The predicted molar refractivity (Wildman–Crippen MR) is 101 cm³/mol. The molecule has 1 amide bonds. The van der Waals surface area contributed by atoms with E-state index in [4.69, 9.17) is 9.97 Å². The summed E-state index contributed by atoms with van der Waals surface area (Å²) in [4.78, 5) is 30.6. The molecule has 0 N–H and O–H groups in total. The minimum atomic E-state index is 0.192. The van der Waals surface area contributed by atoms with Gasteiger partial charge >= 0.3 is 0 Å². The largest absolute Gasteiger partial charge is 0.350 e. The van der Waals surface area contributed by atoms with E-state index < -0.39 is 0 Å². The number of pyridine rings is 1. The minimum absolute atomic E-state index is 0.192. The Kier molecular flexibility index (Phi) is 4.82. The van der Waals surface area contributed by atoms with Crippen LogP contribution in [0.1, 0.15) is 36.9 Å². The van der Waals surface area contributed by atoms with Gasteiger partial charge in [0.25, 0.3) is 0 Å². The van der Waals surface area contributed by atoms with Crippen LogP contribution >= 0.6 is 0 Å². The van der Waals surface area contributed by atoms with E-state index in [1.165, 1.54) is 12.0 Å². The predicted octanol–water partition coefficient (Wildman–Crippen LogP) is 2.48. The van der Waals surface area contributed by atoms with E-state index in [-0.39, 0.29) is 5.91 Å². The molecule has 1 fully saturated rings. The highest BCUT2D eigenvalue weighted by molar-refractivity contribution is 5.81. The number of likely N-dealkylation sites (N-methyl/N-ethyl adjacent to an activating group) is 1. The topological polar surface area (TPSA) is 62.2 Å². The molecular formula is C20H25N5O. The molecule has 6 nitrogen and oxygen atoms in total. The van der Waals surface area contributed by atoms with Gasteiger partial charge in [0.15, 0.2) is 5.82 Å². The molecule has 0 bridgehead atoms. The number of anilines is 1. The van der Waals surface area contributed by atoms with E-state index in [1.54, 1.807) is 6.20 Å². The van der Waals surface area contributed by atoms with Crippen LogP contribution in [0.3, 0.4) is 0 Å². The van der Waals surface area contributed by atoms with Crippen LogP contribution in [0.5, 0.6) is 0 Å². The molecule has 6 heteroatoms. The molecule has 0 atom stereocenters. The smallest absolute Gasteiger partial charge is 0.242 e. The summed E-state index contributed by atoms with van der Waals surface area (Å²) in [6.07, 6.45) is 8.26. The Bertz CT molecular complexity index is 786. The summed E-state index contributed by atoms with van der Waals surface area (Å²) >= 11 is 0. The highest BCUT2D eigenvalue weighted by Crippen LogP contribution is 2.30. The van der Waals surface area contributed by atoms with E-state index in [9.17, 15) is 4.79 Å². The third-order valence-electron chi connectivity index (χ3n) is 5.25. The van der Waals surface area contributed by atoms with Crippen LogP contribution in [-0.4, -0.2) is 52.4 Å². The average molecular weight is 351 g/mol. The maximum atomic E-state index is 12.7. The number of carbonyl (C=O) groups excluding carboxylic acids is 1. The number of fused-ring (bicyclic) bond motifs is 1. The first-order chi connectivity index (χ1) is 12.7. The second-order valence-electron chi connectivity index (χ2n) is 7.16. The molecule has 0 spiro atoms. The Balaban J connectivity index is 1.60. The summed E-state index contributed by atoms with van der Waals surface area (Å²) < 4.78 is 0. The Hall–Kier alpha value is -2.50. The van der Waals surface area contributed by atoms with Crippen molar-refractivity contribution in [3.05, 3.63) is 35.7 Å². The average Bonchev–Trinajstić information content (AvgIpc) is 3.17. The molecule has 2 aromatic rings. The molecule has 136 valence electrons. The van der Waals surface area contributed by atoms with Gasteiger partial charge in [-0.3, -0.25) is 9.78 Å². The van der Waals surface area contributed by atoms with Gasteiger partial charge in [0.05, 0.1) is 6.54 Å². The Labute approximate surface area is 154 Å². The van der Waals surface area contributed by atoms with Crippen LogP contribution in [0.4, 0.5) is 5.82 Å². The second-order valence-corrected chi connectivity index (χ2v) is 7.16. The number of amides is 1. The summed E-state index contributed by atoms with van der Waals surface area (Å²) in [6.45, 7) is 2.13. The van der Waals surface area contributed by atoms with Crippen molar-refractivity contribution >= 4 is 11.7 Å². The number of rotatable bonds is 4. The van der Waals surface area contributed by atoms with Crippen LogP contribution in [0.25, 0.3) is 11.5 Å². The normalized spacial score (nSPS) is 16.4. The van der Waals surface area contributed by atoms with Gasteiger partial charge < -0.3 is 9.80 Å². The summed E-state index contributed by atoms with van der Waals surface area (Å²) in [5, 5.41) is 0. The molecule has 0 aromatic carbocycles. The van der Waals surface area contributed by atoms with E-state index in [2.05, 4.69) is 4.98 Å². The summed E-state index contributed by atoms with van der Waals surface area (Å²) in [5.41, 5.74) is 3.07. The molecule has 3 heterocycles. The fourth-order valence-electron chi connectivity index (χ4n) is 3.86. The van der Waals surface area contributed by atoms with Gasteiger partial charge in [-0.2, -0.15) is 0 Å². The van der Waals surface area contributed by atoms with Crippen LogP contribution in [0, 0.1) is 0 Å². The van der Waals surface area contributed by atoms with Crippen LogP contribution in [-0.2, 0) is 17.6 Å². The zero-order chi connectivity index (χ0) is 17.9. The number of hydrogen-bond donors (Lipinski definition) is 0. The number of hydrogen-bond acceptors (Lipinski definition) is 5. The minimum Gasteiger partial charge on any atom is -0.350 e. The zero-order valence-corrected chi connectivity index (χ0v) is 15.3. The number of nitrogens with zero attached hydrogens (tertiary/aromatic N) is 5. The van der Waals surface area contributed by atoms with Crippen LogP contribution in [0.15, 0.2) is 24.4 Å². The number of piperidine rings is 1. The van der Waals surface area contributed by atoms with Crippen molar-refractivity contribution in [3.63, 3.8) is 0 Å². The maximum absolute atomic E-state index is 12.7. The van der Waals surface area contributed by atoms with Crippen molar-refractivity contribution < 1.29 is 4.79 Å². The van der Waals surface area contributed by atoms with E-state index in [1.807, 2.05) is 35.0 Å². The standard InChI is InChI=1S/C20H25N5O/c1-24(14-18(26)25-12-5-2-6-13-25)20-15-8-7-10-16(15)22-19(23-20)17-9-3-4-11-21-17/h3-4,9,11H,2,5-8,10,12-14H2,1H3. The number of aromatic nitrogens is 3. The zero-order valence-electron chi connectivity index (χ0n) is 15.3. The molecular weight excluding hydrogens is 326 g/mol. The highest BCUT2D eigenvalue weighted by Gasteiger charge is 2.25. The van der Waals surface area contributed by atoms with Gasteiger partial charge in [0.2, 0.25) is 5.91 Å². The summed E-state index contributed by atoms with van der Waals surface area (Å²) in [6, 6.07) is 5.77. The first-order valence-corrected chi connectivity index (χ1v) is 9.52. The van der Waals surface area contributed by atoms with Gasteiger partial charge in [-0.05, 0) is 50.7 Å². The maximum Gasteiger partial charge on any atom is 0.242 e. The van der Waals surface area contributed by atoms with Crippen molar-refractivity contribution in [1.29, 1.82) is 0 Å². The lowest BCUT2D eigenvalue weighted by molar-refractivity contribution is -0.130. The van der Waals surface area contributed by atoms with Gasteiger partial charge in [-0.25, -0.2) is 9.97 Å². The first kappa shape index (κ1) is 16.9. The van der Waals surface area contributed by atoms with Crippen molar-refractivity contribution in [2.45, 2.75) is 38.5 Å². The third kappa shape index (κ3) is 3.41. The molecule has 0 radical (unpaired) electrons.